The van der Waals surface area contributed by atoms with Crippen LogP contribution in [0.5, 0.6) is 0 Å². The van der Waals surface area contributed by atoms with Crippen LogP contribution in [0, 0.1) is 20.8 Å². The fraction of sp³-hybridized carbons (Fsp3) is 0.297. The number of nitrogens with one attached hydrogen (secondary N) is 1. The molecule has 0 radical (unpaired) electrons. The van der Waals surface area contributed by atoms with Crippen LogP contribution in [0.1, 0.15) is 48.6 Å². The molecule has 0 aliphatic rings. The van der Waals surface area contributed by atoms with Crippen molar-refractivity contribution in [2.24, 2.45) is 0 Å². The van der Waals surface area contributed by atoms with Crippen molar-refractivity contribution in [2.45, 2.75) is 71.0 Å². The lowest BCUT2D eigenvalue weighted by atomic mass is 10.0. The molecule has 45 heavy (non-hydrogen) atoms. The average molecular weight is 626 g/mol. The van der Waals surface area contributed by atoms with Gasteiger partial charge in [-0.15, -0.1) is 0 Å². The number of nitrogens with zero attached hydrogens (tertiary/aromatic N) is 2. The smallest absolute Gasteiger partial charge is 0.264 e. The first-order chi connectivity index (χ1) is 21.3. The highest BCUT2D eigenvalue weighted by atomic mass is 32.2. The molecule has 4 aromatic rings. The number of benzene rings is 4. The molecule has 4 aromatic carbocycles. The number of amides is 2. The standard InChI is InChI=1S/C37H43N3O4S/c1-27-20-22-31(23-21-27)25-39(34(36(42)38-37(4,5)6)24-30-15-9-7-10-16-30)35(41)26-40(33-19-13-14-28(2)29(33)3)45(43,44)32-17-11-8-12-18-32/h7-23,34H,24-26H2,1-6H3,(H,38,42). The summed E-state index contributed by atoms with van der Waals surface area (Å²) in [4.78, 5) is 30.2. The number of sulfonamides is 1. The van der Waals surface area contributed by atoms with Crippen LogP contribution in [0.4, 0.5) is 5.69 Å². The summed E-state index contributed by atoms with van der Waals surface area (Å²) in [6, 6.07) is 30.0. The molecule has 7 nitrogen and oxygen atoms in total. The minimum Gasteiger partial charge on any atom is -0.350 e. The van der Waals surface area contributed by atoms with Crippen LogP contribution >= 0.6 is 0 Å². The number of hydrogen-bond acceptors (Lipinski definition) is 4. The Morgan fingerprint density at radius 1 is 0.756 bits per heavy atom. The number of aryl methyl sites for hydroxylation is 2. The maximum absolute atomic E-state index is 14.6. The fourth-order valence-corrected chi connectivity index (χ4v) is 6.63. The molecule has 0 bridgehead atoms. The molecule has 1 unspecified atom stereocenters. The molecule has 1 atom stereocenters. The molecular formula is C37H43N3O4S. The molecular weight excluding hydrogens is 582 g/mol. The Morgan fingerprint density at radius 3 is 1.96 bits per heavy atom. The molecule has 2 amide bonds. The summed E-state index contributed by atoms with van der Waals surface area (Å²) < 4.78 is 29.6. The van der Waals surface area contributed by atoms with Crippen LogP contribution in [0.25, 0.3) is 0 Å². The molecule has 0 fully saturated rings. The zero-order chi connectivity index (χ0) is 32.8. The zero-order valence-electron chi connectivity index (χ0n) is 26.9. The minimum atomic E-state index is -4.15. The Balaban J connectivity index is 1.84. The van der Waals surface area contributed by atoms with Crippen molar-refractivity contribution in [1.82, 2.24) is 10.2 Å². The van der Waals surface area contributed by atoms with Crippen molar-refractivity contribution in [1.29, 1.82) is 0 Å². The third kappa shape index (κ3) is 8.60. The van der Waals surface area contributed by atoms with Gasteiger partial charge in [0, 0.05) is 18.5 Å². The lowest BCUT2D eigenvalue weighted by molar-refractivity contribution is -0.140. The molecule has 8 heteroatoms. The first-order valence-electron chi connectivity index (χ1n) is 15.1. The van der Waals surface area contributed by atoms with Gasteiger partial charge in [0.2, 0.25) is 11.8 Å². The van der Waals surface area contributed by atoms with Crippen molar-refractivity contribution in [2.75, 3.05) is 10.8 Å². The van der Waals surface area contributed by atoms with E-state index in [4.69, 9.17) is 0 Å². The monoisotopic (exact) mass is 625 g/mol. The Labute approximate surface area is 268 Å². The van der Waals surface area contributed by atoms with Crippen molar-refractivity contribution in [3.63, 3.8) is 0 Å². The van der Waals surface area contributed by atoms with Gasteiger partial charge in [-0.05, 0) is 82.0 Å². The highest BCUT2D eigenvalue weighted by Crippen LogP contribution is 2.29. The third-order valence-corrected chi connectivity index (χ3v) is 9.47. The van der Waals surface area contributed by atoms with Gasteiger partial charge in [-0.2, -0.15) is 0 Å². The van der Waals surface area contributed by atoms with E-state index in [1.165, 1.54) is 21.3 Å². The van der Waals surface area contributed by atoms with E-state index in [-0.39, 0.29) is 23.8 Å². The SMILES string of the molecule is Cc1ccc(CN(C(=O)CN(c2cccc(C)c2C)S(=O)(=O)c2ccccc2)C(Cc2ccccc2)C(=O)NC(C)(C)C)cc1. The van der Waals surface area contributed by atoms with Crippen LogP contribution in [0.3, 0.4) is 0 Å². The lowest BCUT2D eigenvalue weighted by Gasteiger charge is -2.35. The molecule has 0 aromatic heterocycles. The number of rotatable bonds is 11. The highest BCUT2D eigenvalue weighted by Gasteiger charge is 2.36. The van der Waals surface area contributed by atoms with Gasteiger partial charge in [-0.25, -0.2) is 8.42 Å². The number of anilines is 1. The van der Waals surface area contributed by atoms with Gasteiger partial charge in [0.05, 0.1) is 10.6 Å². The van der Waals surface area contributed by atoms with Crippen molar-refractivity contribution in [3.05, 3.63) is 131 Å². The molecule has 0 aliphatic carbocycles. The second-order valence-electron chi connectivity index (χ2n) is 12.5. The minimum absolute atomic E-state index is 0.0788. The third-order valence-electron chi connectivity index (χ3n) is 7.70. The summed E-state index contributed by atoms with van der Waals surface area (Å²) in [6.45, 7) is 11.1. The quantitative estimate of drug-likeness (QED) is 0.210. The summed E-state index contributed by atoms with van der Waals surface area (Å²) in [7, 11) is -4.15. The molecule has 0 aliphatic heterocycles. The Kier molecular flexibility index (Phi) is 10.5. The second kappa shape index (κ2) is 14.1. The summed E-state index contributed by atoms with van der Waals surface area (Å²) in [5.74, 6) is -0.794. The Morgan fingerprint density at radius 2 is 1.36 bits per heavy atom. The normalized spacial score (nSPS) is 12.3. The maximum atomic E-state index is 14.6. The van der Waals surface area contributed by atoms with Crippen LogP contribution in [-0.4, -0.2) is 43.3 Å². The zero-order valence-corrected chi connectivity index (χ0v) is 27.8. The predicted molar refractivity (Wildman–Crippen MR) is 180 cm³/mol. The van der Waals surface area contributed by atoms with E-state index in [9.17, 15) is 18.0 Å². The maximum Gasteiger partial charge on any atom is 0.264 e. The van der Waals surface area contributed by atoms with Gasteiger partial charge in [0.1, 0.15) is 12.6 Å². The van der Waals surface area contributed by atoms with Gasteiger partial charge < -0.3 is 10.2 Å². The molecule has 0 spiro atoms. The van der Waals surface area contributed by atoms with E-state index in [0.717, 1.165) is 27.8 Å². The van der Waals surface area contributed by atoms with Gasteiger partial charge in [-0.1, -0.05) is 90.5 Å². The predicted octanol–water partition coefficient (Wildman–Crippen LogP) is 6.36. The first kappa shape index (κ1) is 33.5. The molecule has 0 saturated carbocycles. The Bertz CT molecular complexity index is 1720. The average Bonchev–Trinajstić information content (AvgIpc) is 3.00. The van der Waals surface area contributed by atoms with Crippen molar-refractivity contribution >= 4 is 27.5 Å². The molecule has 0 heterocycles. The van der Waals surface area contributed by atoms with Gasteiger partial charge in [0.15, 0.2) is 0 Å². The van der Waals surface area contributed by atoms with E-state index >= 15 is 0 Å². The van der Waals surface area contributed by atoms with Gasteiger partial charge in [-0.3, -0.25) is 13.9 Å². The summed E-state index contributed by atoms with van der Waals surface area (Å²) >= 11 is 0. The largest absolute Gasteiger partial charge is 0.350 e. The van der Waals surface area contributed by atoms with Crippen LogP contribution < -0.4 is 9.62 Å². The first-order valence-corrected chi connectivity index (χ1v) is 16.6. The van der Waals surface area contributed by atoms with Gasteiger partial charge in [0.25, 0.3) is 10.0 Å². The van der Waals surface area contributed by atoms with Gasteiger partial charge >= 0.3 is 0 Å². The topological polar surface area (TPSA) is 86.8 Å². The highest BCUT2D eigenvalue weighted by molar-refractivity contribution is 7.92. The van der Waals surface area contributed by atoms with E-state index in [1.807, 2.05) is 102 Å². The van der Waals surface area contributed by atoms with E-state index in [1.54, 1.807) is 30.3 Å². The molecule has 4 rings (SSSR count). The lowest BCUT2D eigenvalue weighted by Crippen LogP contribution is -2.56. The molecule has 1 N–H and O–H groups in total. The Hall–Kier alpha value is -4.43. The van der Waals surface area contributed by atoms with E-state index in [0.29, 0.717) is 5.69 Å². The summed E-state index contributed by atoms with van der Waals surface area (Å²) in [6.07, 6.45) is 0.259. The molecule has 0 saturated heterocycles. The summed E-state index contributed by atoms with van der Waals surface area (Å²) in [5.41, 5.74) is 4.30. The van der Waals surface area contributed by atoms with E-state index < -0.39 is 34.1 Å². The number of carbonyl (C=O) groups is 2. The van der Waals surface area contributed by atoms with E-state index in [2.05, 4.69) is 5.32 Å². The summed E-state index contributed by atoms with van der Waals surface area (Å²) in [5, 5.41) is 3.06. The van der Waals surface area contributed by atoms with Crippen molar-refractivity contribution in [3.8, 4) is 0 Å². The van der Waals surface area contributed by atoms with Crippen LogP contribution in [-0.2, 0) is 32.6 Å². The number of hydrogen-bond donors (Lipinski definition) is 1. The number of carbonyl (C=O) groups excluding carboxylic acids is 2. The van der Waals surface area contributed by atoms with Crippen molar-refractivity contribution < 1.29 is 18.0 Å². The van der Waals surface area contributed by atoms with Crippen LogP contribution in [0.15, 0.2) is 108 Å². The van der Waals surface area contributed by atoms with Crippen LogP contribution in [0.2, 0.25) is 0 Å². The fourth-order valence-electron chi connectivity index (χ4n) is 5.14. The molecule has 236 valence electrons. The second-order valence-corrected chi connectivity index (χ2v) is 14.4.